The molecule has 2 aromatic heterocycles. The topological polar surface area (TPSA) is 122 Å². The number of anilines is 2. The number of nitrogens with zero attached hydrogens (tertiary/aromatic N) is 5. The maximum atomic E-state index is 13.9. The lowest BCUT2D eigenvalue weighted by Crippen LogP contribution is -2.69. The maximum Gasteiger partial charge on any atom is 0.253 e. The molecule has 0 unspecified atom stereocenters. The van der Waals surface area contributed by atoms with Gasteiger partial charge < -0.3 is 5.73 Å². The highest BCUT2D eigenvalue weighted by atomic mass is 16.2. The molecule has 196 valence electrons. The van der Waals surface area contributed by atoms with E-state index in [1.165, 1.54) is 29.1 Å². The third-order valence-electron chi connectivity index (χ3n) is 8.31. The Morgan fingerprint density at radius 3 is 2.41 bits per heavy atom. The van der Waals surface area contributed by atoms with Crippen molar-refractivity contribution in [1.29, 1.82) is 0 Å². The molecule has 0 aromatic carbocycles. The molecule has 3 amide bonds. The highest BCUT2D eigenvalue weighted by Gasteiger charge is 2.56. The molecule has 2 saturated carbocycles. The molecular formula is C28H36N6O3. The second-order valence-corrected chi connectivity index (χ2v) is 10.7. The summed E-state index contributed by atoms with van der Waals surface area (Å²) in [6.07, 6.45) is 13.7. The summed E-state index contributed by atoms with van der Waals surface area (Å²) in [6, 6.07) is 4.30. The molecule has 3 fully saturated rings. The SMILES string of the molecule is CCN(C(=O)[C@@H]1[C@@H](Cc2ccnc(N)c2)C(=O)N1C(=O)C[C@@H](C1CCCCC1)C1CC1)c1ncccn1. The summed E-state index contributed by atoms with van der Waals surface area (Å²) in [5.41, 5.74) is 6.66. The Morgan fingerprint density at radius 1 is 1.05 bits per heavy atom. The van der Waals surface area contributed by atoms with E-state index in [1.54, 1.807) is 36.8 Å². The first-order chi connectivity index (χ1) is 18.0. The minimum Gasteiger partial charge on any atom is -0.384 e. The van der Waals surface area contributed by atoms with Crippen LogP contribution in [0.3, 0.4) is 0 Å². The van der Waals surface area contributed by atoms with Crippen molar-refractivity contribution in [2.45, 2.75) is 70.8 Å². The van der Waals surface area contributed by atoms with Crippen LogP contribution in [0.1, 0.15) is 63.9 Å². The van der Waals surface area contributed by atoms with Gasteiger partial charge in [0.25, 0.3) is 5.91 Å². The Hall–Kier alpha value is -3.36. The van der Waals surface area contributed by atoms with Gasteiger partial charge in [-0.15, -0.1) is 0 Å². The monoisotopic (exact) mass is 504 g/mol. The van der Waals surface area contributed by atoms with Gasteiger partial charge >= 0.3 is 0 Å². The molecule has 5 rings (SSSR count). The fourth-order valence-corrected chi connectivity index (χ4v) is 6.27. The molecule has 9 nitrogen and oxygen atoms in total. The minimum absolute atomic E-state index is 0.221. The van der Waals surface area contributed by atoms with Crippen LogP contribution < -0.4 is 10.6 Å². The number of hydrogen-bond acceptors (Lipinski definition) is 7. The predicted octanol–water partition coefficient (Wildman–Crippen LogP) is 3.40. The van der Waals surface area contributed by atoms with E-state index in [-0.39, 0.29) is 23.7 Å². The Kier molecular flexibility index (Phi) is 7.48. The van der Waals surface area contributed by atoms with E-state index >= 15 is 0 Å². The minimum atomic E-state index is -0.885. The van der Waals surface area contributed by atoms with E-state index in [1.807, 2.05) is 6.92 Å². The van der Waals surface area contributed by atoms with Crippen molar-refractivity contribution < 1.29 is 14.4 Å². The van der Waals surface area contributed by atoms with Crippen molar-refractivity contribution >= 4 is 29.5 Å². The van der Waals surface area contributed by atoms with Gasteiger partial charge in [0, 0.05) is 31.6 Å². The number of nitrogens with two attached hydrogens (primary N) is 1. The zero-order valence-electron chi connectivity index (χ0n) is 21.5. The number of carbonyl (C=O) groups is 3. The molecule has 1 saturated heterocycles. The summed E-state index contributed by atoms with van der Waals surface area (Å²) in [7, 11) is 0. The quantitative estimate of drug-likeness (QED) is 0.519. The first kappa shape index (κ1) is 25.3. The summed E-state index contributed by atoms with van der Waals surface area (Å²) < 4.78 is 0. The van der Waals surface area contributed by atoms with Gasteiger partial charge in [-0.25, -0.2) is 15.0 Å². The van der Waals surface area contributed by atoms with Crippen LogP contribution in [0.25, 0.3) is 0 Å². The number of imide groups is 1. The normalized spacial score (nSPS) is 22.8. The first-order valence-corrected chi connectivity index (χ1v) is 13.6. The fourth-order valence-electron chi connectivity index (χ4n) is 6.27. The van der Waals surface area contributed by atoms with Crippen molar-refractivity contribution in [3.63, 3.8) is 0 Å². The maximum absolute atomic E-state index is 13.9. The van der Waals surface area contributed by atoms with Crippen molar-refractivity contribution in [3.05, 3.63) is 42.4 Å². The number of rotatable bonds is 9. The van der Waals surface area contributed by atoms with Crippen molar-refractivity contribution in [2.75, 3.05) is 17.2 Å². The van der Waals surface area contributed by atoms with E-state index in [2.05, 4.69) is 15.0 Å². The number of β-lactam (4-membered cyclic amide) rings is 1. The van der Waals surface area contributed by atoms with E-state index in [4.69, 9.17) is 5.73 Å². The van der Waals surface area contributed by atoms with Crippen LogP contribution >= 0.6 is 0 Å². The summed E-state index contributed by atoms with van der Waals surface area (Å²) in [5, 5.41) is 0. The largest absolute Gasteiger partial charge is 0.384 e. The van der Waals surface area contributed by atoms with E-state index in [0.29, 0.717) is 43.0 Å². The summed E-state index contributed by atoms with van der Waals surface area (Å²) >= 11 is 0. The number of hydrogen-bond donors (Lipinski definition) is 1. The average molecular weight is 505 g/mol. The predicted molar refractivity (Wildman–Crippen MR) is 139 cm³/mol. The van der Waals surface area contributed by atoms with Gasteiger partial charge in [-0.05, 0) is 67.7 Å². The first-order valence-electron chi connectivity index (χ1n) is 13.6. The number of amides is 3. The fraction of sp³-hybridized carbons (Fsp3) is 0.571. The van der Waals surface area contributed by atoms with E-state index in [0.717, 1.165) is 31.2 Å². The van der Waals surface area contributed by atoms with Crippen molar-refractivity contribution in [3.8, 4) is 0 Å². The zero-order chi connectivity index (χ0) is 25.9. The molecule has 3 aliphatic rings. The number of aromatic nitrogens is 3. The highest BCUT2D eigenvalue weighted by molar-refractivity contribution is 6.12. The standard InChI is InChI=1S/C28H36N6O3/c1-2-33(28-31-12-6-13-32-28)27(37)25-22(15-18-11-14-30-23(29)16-18)26(36)34(25)24(35)17-21(20-9-10-20)19-7-4-3-5-8-19/h6,11-14,16,19-22,25H,2-5,7-10,15,17H2,1H3,(H2,29,30)/t21-,22+,25-/m0/s1. The number of nitrogen functional groups attached to an aromatic ring is 1. The Labute approximate surface area is 217 Å². The highest BCUT2D eigenvalue weighted by Crippen LogP contribution is 2.47. The van der Waals surface area contributed by atoms with Gasteiger partial charge in [-0.2, -0.15) is 0 Å². The van der Waals surface area contributed by atoms with Gasteiger partial charge in [-0.1, -0.05) is 32.1 Å². The average Bonchev–Trinajstić information content (AvgIpc) is 3.75. The Morgan fingerprint density at radius 2 is 1.76 bits per heavy atom. The van der Waals surface area contributed by atoms with Crippen molar-refractivity contribution in [1.82, 2.24) is 19.9 Å². The van der Waals surface area contributed by atoms with Gasteiger partial charge in [0.05, 0.1) is 5.92 Å². The molecule has 0 bridgehead atoms. The summed E-state index contributed by atoms with van der Waals surface area (Å²) in [5.74, 6) is 0.548. The summed E-state index contributed by atoms with van der Waals surface area (Å²) in [4.78, 5) is 56.3. The smallest absolute Gasteiger partial charge is 0.253 e. The third-order valence-corrected chi connectivity index (χ3v) is 8.31. The molecule has 3 atom stereocenters. The molecule has 2 N–H and O–H groups in total. The van der Waals surface area contributed by atoms with Gasteiger partial charge in [-0.3, -0.25) is 24.2 Å². The molecule has 1 aliphatic heterocycles. The molecule has 0 radical (unpaired) electrons. The van der Waals surface area contributed by atoms with Crippen LogP contribution in [-0.4, -0.2) is 50.2 Å². The molecular weight excluding hydrogens is 468 g/mol. The van der Waals surface area contributed by atoms with Crippen LogP contribution in [0.4, 0.5) is 11.8 Å². The lowest BCUT2D eigenvalue weighted by atomic mass is 9.75. The number of likely N-dealkylation sites (tertiary alicyclic amines) is 1. The lowest BCUT2D eigenvalue weighted by Gasteiger charge is -2.46. The van der Waals surface area contributed by atoms with E-state index < -0.39 is 12.0 Å². The van der Waals surface area contributed by atoms with Crippen LogP contribution in [0.2, 0.25) is 0 Å². The molecule has 2 aromatic rings. The zero-order valence-corrected chi connectivity index (χ0v) is 21.5. The van der Waals surface area contributed by atoms with Gasteiger partial charge in [0.2, 0.25) is 17.8 Å². The second-order valence-electron chi connectivity index (χ2n) is 10.7. The number of carbonyl (C=O) groups excluding carboxylic acids is 3. The number of pyridine rings is 1. The Balaban J connectivity index is 1.39. The van der Waals surface area contributed by atoms with Crippen LogP contribution in [0.15, 0.2) is 36.8 Å². The Bertz CT molecular complexity index is 1130. The third kappa shape index (κ3) is 5.36. The molecule has 3 heterocycles. The lowest BCUT2D eigenvalue weighted by molar-refractivity contribution is -0.171. The van der Waals surface area contributed by atoms with E-state index in [9.17, 15) is 14.4 Å². The molecule has 9 heteroatoms. The molecule has 37 heavy (non-hydrogen) atoms. The molecule has 2 aliphatic carbocycles. The summed E-state index contributed by atoms with van der Waals surface area (Å²) in [6.45, 7) is 2.17. The number of likely N-dealkylation sites (N-methyl/N-ethyl adjacent to an activating group) is 1. The van der Waals surface area contributed by atoms with Crippen LogP contribution in [-0.2, 0) is 20.8 Å². The van der Waals surface area contributed by atoms with Crippen LogP contribution in [0, 0.1) is 23.7 Å². The van der Waals surface area contributed by atoms with Gasteiger partial charge in [0.1, 0.15) is 11.9 Å². The van der Waals surface area contributed by atoms with Gasteiger partial charge in [0.15, 0.2) is 0 Å². The second kappa shape index (κ2) is 10.9. The van der Waals surface area contributed by atoms with Crippen LogP contribution in [0.5, 0.6) is 0 Å². The van der Waals surface area contributed by atoms with Crippen molar-refractivity contribution in [2.24, 2.45) is 23.7 Å². The molecule has 0 spiro atoms.